The van der Waals surface area contributed by atoms with Crippen LogP contribution in [-0.2, 0) is 0 Å². The van der Waals surface area contributed by atoms with Crippen molar-refractivity contribution in [3.63, 3.8) is 0 Å². The molecule has 3 nitrogen and oxygen atoms in total. The molecule has 0 fully saturated rings. The van der Waals surface area contributed by atoms with E-state index in [2.05, 4.69) is 11.1 Å². The van der Waals surface area contributed by atoms with Gasteiger partial charge in [0.25, 0.3) is 0 Å². The van der Waals surface area contributed by atoms with E-state index in [-0.39, 0.29) is 5.92 Å². The Labute approximate surface area is 77.3 Å². The third-order valence-corrected chi connectivity index (χ3v) is 1.79. The highest BCUT2D eigenvalue weighted by molar-refractivity contribution is 5.21. The highest BCUT2D eigenvalue weighted by Gasteiger charge is 2.09. The fraction of sp³-hybridized carbons (Fsp3) is 0.300. The molecule has 1 rings (SSSR count). The van der Waals surface area contributed by atoms with Crippen molar-refractivity contribution < 1.29 is 0 Å². The van der Waals surface area contributed by atoms with E-state index in [0.717, 1.165) is 5.56 Å². The van der Waals surface area contributed by atoms with E-state index in [9.17, 15) is 0 Å². The van der Waals surface area contributed by atoms with E-state index < -0.39 is 0 Å². The lowest BCUT2D eigenvalue weighted by molar-refractivity contribution is 0.764. The molecule has 0 saturated carbocycles. The van der Waals surface area contributed by atoms with Gasteiger partial charge in [0, 0.05) is 18.8 Å². The maximum absolute atomic E-state index is 8.82. The summed E-state index contributed by atoms with van der Waals surface area (Å²) in [5.41, 5.74) is 0.889. The molecule has 0 spiro atoms. The number of pyridine rings is 1. The smallest absolute Gasteiger partial charge is 0.0737 e. The summed E-state index contributed by atoms with van der Waals surface area (Å²) in [5.74, 6) is -0.201. The minimum atomic E-state index is -0.201. The van der Waals surface area contributed by atoms with Gasteiger partial charge in [-0.05, 0) is 18.1 Å². The highest BCUT2D eigenvalue weighted by atomic mass is 14.6. The van der Waals surface area contributed by atoms with Gasteiger partial charge in [0.05, 0.1) is 18.1 Å². The quantitative estimate of drug-likeness (QED) is 0.698. The maximum atomic E-state index is 8.82. The fourth-order valence-electron chi connectivity index (χ4n) is 1.10. The molecule has 0 aliphatic heterocycles. The summed E-state index contributed by atoms with van der Waals surface area (Å²) in [6, 6.07) is 7.85. The average molecular weight is 171 g/mol. The second-order valence-electron chi connectivity index (χ2n) is 2.66. The molecule has 0 aliphatic rings. The molecule has 0 amide bonds. The van der Waals surface area contributed by atoms with E-state index >= 15 is 0 Å². The molecule has 0 bridgehead atoms. The Bertz CT molecular complexity index is 331. The average Bonchev–Trinajstić information content (AvgIpc) is 2.21. The van der Waals surface area contributed by atoms with Crippen LogP contribution in [0.15, 0.2) is 24.5 Å². The molecule has 13 heavy (non-hydrogen) atoms. The first-order valence-electron chi connectivity index (χ1n) is 4.05. The van der Waals surface area contributed by atoms with Crippen molar-refractivity contribution in [1.29, 1.82) is 10.5 Å². The monoisotopic (exact) mass is 171 g/mol. The van der Waals surface area contributed by atoms with Gasteiger partial charge in [-0.15, -0.1) is 0 Å². The summed E-state index contributed by atoms with van der Waals surface area (Å²) in [4.78, 5) is 3.93. The van der Waals surface area contributed by atoms with Crippen molar-refractivity contribution in [3.8, 4) is 12.1 Å². The van der Waals surface area contributed by atoms with Crippen molar-refractivity contribution in [2.24, 2.45) is 0 Å². The molecule has 0 aliphatic carbocycles. The zero-order valence-corrected chi connectivity index (χ0v) is 7.14. The van der Waals surface area contributed by atoms with Gasteiger partial charge in [-0.25, -0.2) is 0 Å². The summed E-state index contributed by atoms with van der Waals surface area (Å²) < 4.78 is 0. The lowest BCUT2D eigenvalue weighted by atomic mass is 9.98. The summed E-state index contributed by atoms with van der Waals surface area (Å²) in [6.45, 7) is 0. The highest BCUT2D eigenvalue weighted by Crippen LogP contribution is 2.18. The molecule has 1 unspecified atom stereocenters. The van der Waals surface area contributed by atoms with Crippen LogP contribution in [0.3, 0.4) is 0 Å². The van der Waals surface area contributed by atoms with Gasteiger partial charge in [0.15, 0.2) is 0 Å². The van der Waals surface area contributed by atoms with Crippen LogP contribution in [0, 0.1) is 22.7 Å². The van der Waals surface area contributed by atoms with Crippen molar-refractivity contribution >= 4 is 0 Å². The topological polar surface area (TPSA) is 60.5 Å². The molecule has 64 valence electrons. The van der Waals surface area contributed by atoms with Crippen LogP contribution in [0.4, 0.5) is 0 Å². The van der Waals surface area contributed by atoms with Gasteiger partial charge in [-0.2, -0.15) is 10.5 Å². The molecule has 0 radical (unpaired) electrons. The molecule has 0 N–H and O–H groups in total. The van der Waals surface area contributed by atoms with Crippen LogP contribution in [0.5, 0.6) is 0 Å². The van der Waals surface area contributed by atoms with Gasteiger partial charge in [0.1, 0.15) is 0 Å². The summed E-state index contributed by atoms with van der Waals surface area (Å²) in [7, 11) is 0. The number of nitrogens with zero attached hydrogens (tertiary/aromatic N) is 3. The van der Waals surface area contributed by atoms with Crippen LogP contribution in [-0.4, -0.2) is 4.98 Å². The van der Waals surface area contributed by atoms with E-state index in [1.807, 2.05) is 12.1 Å². The molecule has 1 atom stereocenters. The molecule has 0 aromatic carbocycles. The predicted molar refractivity (Wildman–Crippen MR) is 47.4 cm³/mol. The molecule has 1 aromatic heterocycles. The van der Waals surface area contributed by atoms with Crippen molar-refractivity contribution in [2.75, 3.05) is 0 Å². The normalized spacial score (nSPS) is 11.2. The molecule has 0 saturated heterocycles. The van der Waals surface area contributed by atoms with Crippen LogP contribution < -0.4 is 0 Å². The molecular weight excluding hydrogens is 162 g/mol. The minimum Gasteiger partial charge on any atom is -0.264 e. The number of hydrogen-bond donors (Lipinski definition) is 0. The summed E-state index contributed by atoms with van der Waals surface area (Å²) in [6.07, 6.45) is 4.33. The first kappa shape index (κ1) is 9.22. The van der Waals surface area contributed by atoms with Gasteiger partial charge in [-0.3, -0.25) is 4.98 Å². The first-order valence-corrected chi connectivity index (χ1v) is 4.05. The van der Waals surface area contributed by atoms with E-state index in [4.69, 9.17) is 10.5 Å². The SMILES string of the molecule is N#CCCC(C#N)c1cccnc1. The van der Waals surface area contributed by atoms with Crippen LogP contribution in [0.25, 0.3) is 0 Å². The Morgan fingerprint density at radius 2 is 2.31 bits per heavy atom. The van der Waals surface area contributed by atoms with Gasteiger partial charge in [-0.1, -0.05) is 6.07 Å². The minimum absolute atomic E-state index is 0.201. The number of hydrogen-bond acceptors (Lipinski definition) is 3. The molecule has 3 heteroatoms. The van der Waals surface area contributed by atoms with Crippen molar-refractivity contribution in [3.05, 3.63) is 30.1 Å². The van der Waals surface area contributed by atoms with E-state index in [1.54, 1.807) is 18.5 Å². The van der Waals surface area contributed by atoms with Gasteiger partial charge >= 0.3 is 0 Å². The van der Waals surface area contributed by atoms with E-state index in [0.29, 0.717) is 12.8 Å². The van der Waals surface area contributed by atoms with Crippen LogP contribution in [0.1, 0.15) is 24.3 Å². The fourth-order valence-corrected chi connectivity index (χ4v) is 1.10. The maximum Gasteiger partial charge on any atom is 0.0737 e. The Hall–Kier alpha value is -1.87. The lowest BCUT2D eigenvalue weighted by Gasteiger charge is -2.04. The number of aromatic nitrogens is 1. The zero-order valence-electron chi connectivity index (χ0n) is 7.14. The Morgan fingerprint density at radius 3 is 2.85 bits per heavy atom. The number of rotatable bonds is 3. The summed E-state index contributed by atoms with van der Waals surface area (Å²) in [5, 5.41) is 17.2. The largest absolute Gasteiger partial charge is 0.264 e. The summed E-state index contributed by atoms with van der Waals surface area (Å²) >= 11 is 0. The van der Waals surface area contributed by atoms with Gasteiger partial charge < -0.3 is 0 Å². The second-order valence-corrected chi connectivity index (χ2v) is 2.66. The molecule has 1 aromatic rings. The molecular formula is C10H9N3. The van der Waals surface area contributed by atoms with E-state index in [1.165, 1.54) is 0 Å². The van der Waals surface area contributed by atoms with Crippen molar-refractivity contribution in [1.82, 2.24) is 4.98 Å². The van der Waals surface area contributed by atoms with Crippen LogP contribution in [0.2, 0.25) is 0 Å². The lowest BCUT2D eigenvalue weighted by Crippen LogP contribution is -1.95. The van der Waals surface area contributed by atoms with Crippen molar-refractivity contribution in [2.45, 2.75) is 18.8 Å². The third-order valence-electron chi connectivity index (χ3n) is 1.79. The zero-order chi connectivity index (χ0) is 9.52. The third kappa shape index (κ3) is 2.57. The Kier molecular flexibility index (Phi) is 3.47. The van der Waals surface area contributed by atoms with Gasteiger partial charge in [0.2, 0.25) is 0 Å². The van der Waals surface area contributed by atoms with Crippen LogP contribution >= 0.6 is 0 Å². The predicted octanol–water partition coefficient (Wildman–Crippen LogP) is 1.99. The Balaban J connectivity index is 2.70. The standard InChI is InChI=1S/C10H9N3/c11-5-1-3-9(7-12)10-4-2-6-13-8-10/h2,4,6,8-9H,1,3H2. The molecule has 1 heterocycles. The number of nitriles is 2. The Morgan fingerprint density at radius 1 is 1.46 bits per heavy atom. The first-order chi connectivity index (χ1) is 6.38. The second kappa shape index (κ2) is 4.90.